The lowest BCUT2D eigenvalue weighted by atomic mass is 9.97. The number of hydrogen-bond acceptors (Lipinski definition) is 8. The molecule has 0 radical (unpaired) electrons. The minimum atomic E-state index is -1.07. The third-order valence-electron chi connectivity index (χ3n) is 5.77. The third kappa shape index (κ3) is 5.32. The summed E-state index contributed by atoms with van der Waals surface area (Å²) in [5.74, 6) is 0.107. The predicted molar refractivity (Wildman–Crippen MR) is 125 cm³/mol. The summed E-state index contributed by atoms with van der Waals surface area (Å²) in [5, 5.41) is 15.3. The minimum Gasteiger partial charge on any atom is -0.462 e. The van der Waals surface area contributed by atoms with Gasteiger partial charge in [-0.2, -0.15) is 0 Å². The van der Waals surface area contributed by atoms with Gasteiger partial charge in [-0.1, -0.05) is 78.9 Å². The van der Waals surface area contributed by atoms with E-state index >= 15 is 0 Å². The number of para-hydroxylation sites is 1. The molecule has 0 saturated carbocycles. The van der Waals surface area contributed by atoms with E-state index in [0.29, 0.717) is 5.75 Å². The minimum absolute atomic E-state index is 0.245. The summed E-state index contributed by atoms with van der Waals surface area (Å²) in [6.07, 6.45) is -4.46. The molecule has 0 N–H and O–H groups in total. The molecule has 1 fully saturated rings. The Kier molecular flexibility index (Phi) is 6.99. The van der Waals surface area contributed by atoms with Crippen molar-refractivity contribution in [1.29, 1.82) is 0 Å². The highest BCUT2D eigenvalue weighted by atomic mass is 16.8. The van der Waals surface area contributed by atoms with Crippen molar-refractivity contribution in [2.45, 2.75) is 43.9 Å². The van der Waals surface area contributed by atoms with Crippen LogP contribution in [0.25, 0.3) is 0 Å². The largest absolute Gasteiger partial charge is 0.462 e. The summed E-state index contributed by atoms with van der Waals surface area (Å²) < 4.78 is 24.7. The zero-order valence-corrected chi connectivity index (χ0v) is 18.7. The summed E-state index contributed by atoms with van der Waals surface area (Å²) in [6, 6.07) is 28.3. The Labute approximate surface area is 202 Å². The van der Waals surface area contributed by atoms with Crippen LogP contribution in [0.1, 0.15) is 11.1 Å². The molecule has 5 rings (SSSR count). The van der Waals surface area contributed by atoms with Crippen molar-refractivity contribution in [1.82, 2.24) is 0 Å². The van der Waals surface area contributed by atoms with Gasteiger partial charge in [0.05, 0.1) is 13.2 Å². The summed E-state index contributed by atoms with van der Waals surface area (Å²) in [5.41, 5.74) is 1.88. The molecule has 0 aromatic heterocycles. The normalized spacial score (nSPS) is 25.3. The maximum absolute atomic E-state index is 11.6. The fourth-order valence-corrected chi connectivity index (χ4v) is 4.07. The molecule has 2 aliphatic rings. The monoisotopic (exact) mass is 476 g/mol. The van der Waals surface area contributed by atoms with Crippen LogP contribution in [0.3, 0.4) is 0 Å². The first-order valence-corrected chi connectivity index (χ1v) is 11.3. The Morgan fingerprint density at radius 1 is 0.800 bits per heavy atom. The van der Waals surface area contributed by atoms with E-state index in [0.717, 1.165) is 11.1 Å². The molecule has 35 heavy (non-hydrogen) atoms. The molecule has 0 bridgehead atoms. The van der Waals surface area contributed by atoms with E-state index in [2.05, 4.69) is 5.16 Å². The zero-order valence-electron chi connectivity index (χ0n) is 18.7. The zero-order chi connectivity index (χ0) is 24.0. The first-order valence-electron chi connectivity index (χ1n) is 11.3. The summed E-state index contributed by atoms with van der Waals surface area (Å²) in [7, 11) is 0. The Morgan fingerprint density at radius 3 is 1.91 bits per heavy atom. The second-order valence-corrected chi connectivity index (χ2v) is 8.16. The van der Waals surface area contributed by atoms with E-state index in [4.69, 9.17) is 23.8 Å². The Balaban J connectivity index is 1.44. The molecular weight excluding hydrogens is 452 g/mol. The van der Waals surface area contributed by atoms with Crippen molar-refractivity contribution in [3.63, 3.8) is 0 Å². The van der Waals surface area contributed by atoms with Gasteiger partial charge in [0.2, 0.25) is 18.5 Å². The topological polar surface area (TPSA) is 102 Å². The quantitative estimate of drug-likeness (QED) is 0.358. The first-order chi connectivity index (χ1) is 17.2. The fourth-order valence-electron chi connectivity index (χ4n) is 4.07. The average molecular weight is 476 g/mol. The predicted octanol–water partition coefficient (Wildman–Crippen LogP) is 3.95. The summed E-state index contributed by atoms with van der Waals surface area (Å²) >= 11 is 0. The second-order valence-electron chi connectivity index (χ2n) is 8.16. The van der Waals surface area contributed by atoms with Crippen LogP contribution < -0.4 is 4.74 Å². The number of oxime groups is 1. The van der Waals surface area contributed by atoms with Crippen LogP contribution in [0.4, 0.5) is 0 Å². The smallest absolute Gasteiger partial charge is 0.418 e. The lowest BCUT2D eigenvalue weighted by Gasteiger charge is -2.40. The molecule has 9 heteroatoms. The molecular formula is C26H24N2O7. The SMILES string of the molecule is O=[N+]([O-])C1=NO[C@@H]2[C@H](OCc3ccccc3)[C@@H](OCc3ccccc3)[C@H](Oc3ccccc3)O[C@H]12. The highest BCUT2D eigenvalue weighted by Gasteiger charge is 2.59. The highest BCUT2D eigenvalue weighted by molar-refractivity contribution is 5.80. The fraction of sp³-hybridized carbons (Fsp3) is 0.269. The highest BCUT2D eigenvalue weighted by Crippen LogP contribution is 2.34. The van der Waals surface area contributed by atoms with Crippen molar-refractivity contribution >= 4 is 5.84 Å². The van der Waals surface area contributed by atoms with Gasteiger partial charge in [0.25, 0.3) is 0 Å². The van der Waals surface area contributed by atoms with Crippen molar-refractivity contribution in [2.75, 3.05) is 0 Å². The number of hydrogen-bond donors (Lipinski definition) is 0. The molecule has 0 amide bonds. The van der Waals surface area contributed by atoms with Crippen LogP contribution in [-0.4, -0.2) is 41.5 Å². The molecule has 3 aromatic carbocycles. The lowest BCUT2D eigenvalue weighted by molar-refractivity contribution is -0.366. The van der Waals surface area contributed by atoms with Crippen molar-refractivity contribution in [2.24, 2.45) is 5.16 Å². The van der Waals surface area contributed by atoms with Gasteiger partial charge >= 0.3 is 5.84 Å². The van der Waals surface area contributed by atoms with Crippen molar-refractivity contribution in [3.8, 4) is 5.75 Å². The van der Waals surface area contributed by atoms with Crippen LogP contribution in [0.2, 0.25) is 0 Å². The number of nitrogens with zero attached hydrogens (tertiary/aromatic N) is 2. The number of ether oxygens (including phenoxy) is 4. The molecule has 3 aromatic rings. The van der Waals surface area contributed by atoms with Crippen LogP contribution in [0.5, 0.6) is 5.75 Å². The maximum Gasteiger partial charge on any atom is 0.418 e. The molecule has 9 nitrogen and oxygen atoms in total. The van der Waals surface area contributed by atoms with Crippen LogP contribution in [-0.2, 0) is 32.3 Å². The van der Waals surface area contributed by atoms with E-state index in [1.54, 1.807) is 12.1 Å². The van der Waals surface area contributed by atoms with E-state index in [-0.39, 0.29) is 13.2 Å². The van der Waals surface area contributed by atoms with Crippen molar-refractivity contribution < 1.29 is 28.7 Å². The molecule has 0 unspecified atom stereocenters. The molecule has 180 valence electrons. The van der Waals surface area contributed by atoms with E-state index in [1.165, 1.54) is 0 Å². The van der Waals surface area contributed by atoms with E-state index in [1.807, 2.05) is 78.9 Å². The van der Waals surface area contributed by atoms with Gasteiger partial charge in [0.1, 0.15) is 11.9 Å². The van der Waals surface area contributed by atoms with Crippen LogP contribution in [0.15, 0.2) is 96.2 Å². The van der Waals surface area contributed by atoms with Gasteiger partial charge in [0.15, 0.2) is 11.3 Å². The van der Waals surface area contributed by atoms with E-state index in [9.17, 15) is 10.1 Å². The van der Waals surface area contributed by atoms with Crippen LogP contribution in [0, 0.1) is 10.1 Å². The third-order valence-corrected chi connectivity index (χ3v) is 5.77. The van der Waals surface area contributed by atoms with Gasteiger partial charge in [-0.25, -0.2) is 0 Å². The lowest BCUT2D eigenvalue weighted by Crippen LogP contribution is -2.62. The van der Waals surface area contributed by atoms with Crippen LogP contribution >= 0.6 is 0 Å². The molecule has 2 aliphatic heterocycles. The number of fused-ring (bicyclic) bond motifs is 1. The molecule has 1 saturated heterocycles. The van der Waals surface area contributed by atoms with Gasteiger partial charge in [-0.15, -0.1) is 0 Å². The molecule has 5 atom stereocenters. The average Bonchev–Trinajstić information content (AvgIpc) is 3.32. The van der Waals surface area contributed by atoms with Gasteiger partial charge < -0.3 is 29.1 Å². The summed E-state index contributed by atoms with van der Waals surface area (Å²) in [6.45, 7) is 0.504. The standard InChI is InChI=1S/C26H24N2O7/c29-28(30)25-23-22(35-27-25)21(31-16-18-10-4-1-5-11-18)24(32-17-19-12-6-2-7-13-19)26(34-23)33-20-14-8-3-9-15-20/h1-15,21-24,26H,16-17H2/t21-,22+,23-,24+,26+/m0/s1. The Hall–Kier alpha value is -3.79. The number of rotatable bonds is 8. The number of benzene rings is 3. The Bertz CT molecular complexity index is 1140. The summed E-state index contributed by atoms with van der Waals surface area (Å²) in [4.78, 5) is 16.5. The molecule has 0 aliphatic carbocycles. The first kappa shape index (κ1) is 23.0. The van der Waals surface area contributed by atoms with Gasteiger partial charge in [-0.3, -0.25) is 4.84 Å². The maximum atomic E-state index is 11.6. The number of amidine groups is 1. The molecule has 2 heterocycles. The van der Waals surface area contributed by atoms with Gasteiger partial charge in [0, 0.05) is 0 Å². The van der Waals surface area contributed by atoms with Crippen molar-refractivity contribution in [3.05, 3.63) is 112 Å². The van der Waals surface area contributed by atoms with E-state index < -0.39 is 41.5 Å². The number of nitro groups is 1. The Morgan fingerprint density at radius 2 is 1.34 bits per heavy atom. The molecule has 0 spiro atoms. The second kappa shape index (κ2) is 10.6. The van der Waals surface area contributed by atoms with Gasteiger partial charge in [-0.05, 0) is 28.2 Å².